The minimum atomic E-state index is -0.393. The Morgan fingerprint density at radius 3 is 1.15 bits per heavy atom. The summed E-state index contributed by atoms with van der Waals surface area (Å²) in [6.07, 6.45) is 3.74. The van der Waals surface area contributed by atoms with Gasteiger partial charge in [0.1, 0.15) is 0 Å². The Morgan fingerprint density at radius 2 is 0.815 bits per heavy atom. The van der Waals surface area contributed by atoms with Crippen molar-refractivity contribution in [1.82, 2.24) is 29.9 Å². The Morgan fingerprint density at radius 1 is 0.463 bits per heavy atom. The number of esters is 2. The molecule has 8 bridgehead atoms. The number of nitrogens with zero attached hydrogens (tertiary/aromatic N) is 2. The van der Waals surface area contributed by atoms with Crippen molar-refractivity contribution in [3.8, 4) is 0 Å². The lowest BCUT2D eigenvalue weighted by atomic mass is 10.0. The summed E-state index contributed by atoms with van der Waals surface area (Å²) in [6, 6.07) is 31.5. The smallest absolute Gasteiger partial charge is 0.337 e. The molecule has 12 heteroatoms. The molecule has 0 radical (unpaired) electrons. The van der Waals surface area contributed by atoms with Crippen molar-refractivity contribution in [2.45, 2.75) is 0 Å². The van der Waals surface area contributed by atoms with E-state index in [-0.39, 0.29) is 0 Å². The van der Waals surface area contributed by atoms with E-state index < -0.39 is 11.9 Å². The number of H-pyrrole nitrogens is 4. The second-order valence-corrected chi connectivity index (χ2v) is 14.3. The molecule has 1 aliphatic heterocycles. The first-order chi connectivity index (χ1) is 26.5. The maximum absolute atomic E-state index is 12.3. The van der Waals surface area contributed by atoms with E-state index in [0.717, 1.165) is 87.3 Å². The summed E-state index contributed by atoms with van der Waals surface area (Å²) in [5.74, 6) is -0.786. The highest BCUT2D eigenvalue weighted by Crippen LogP contribution is 2.29. The van der Waals surface area contributed by atoms with Crippen LogP contribution in [0.5, 0.6) is 0 Å². The Kier molecular flexibility index (Phi) is 8.37. The number of hydrogen-bond acceptors (Lipinski definition) is 8. The molecule has 0 saturated carbocycles. The quantitative estimate of drug-likeness (QED) is 0.181. The largest absolute Gasteiger partial charge is 0.465 e. The maximum atomic E-state index is 12.3. The summed E-state index contributed by atoms with van der Waals surface area (Å²) < 4.78 is 9.94. The van der Waals surface area contributed by atoms with Crippen LogP contribution in [0.3, 0.4) is 0 Å². The predicted molar refractivity (Wildman–Crippen MR) is 208 cm³/mol. The van der Waals surface area contributed by atoms with Gasteiger partial charge in [0.15, 0.2) is 0 Å². The van der Waals surface area contributed by atoms with Crippen molar-refractivity contribution in [2.24, 2.45) is 0 Å². The van der Waals surface area contributed by atoms with E-state index in [1.165, 1.54) is 14.2 Å². The fraction of sp³-hybridized carbons (Fsp3) is 0.0476. The summed E-state index contributed by atoms with van der Waals surface area (Å²) in [4.78, 5) is 50.4. The number of benzene rings is 2. The molecule has 1 aliphatic rings. The van der Waals surface area contributed by atoms with Crippen LogP contribution in [0, 0.1) is 0 Å². The lowest BCUT2D eigenvalue weighted by molar-refractivity contribution is 0.0592. The maximum Gasteiger partial charge on any atom is 0.337 e. The normalized spacial score (nSPS) is 12.6. The van der Waals surface area contributed by atoms with Crippen molar-refractivity contribution < 1.29 is 19.1 Å². The van der Waals surface area contributed by atoms with Crippen LogP contribution in [0.4, 0.5) is 0 Å². The highest BCUT2D eigenvalue weighted by molar-refractivity contribution is 7.11. The number of ether oxygens (including phenoxy) is 2. The second kappa shape index (κ2) is 13.7. The van der Waals surface area contributed by atoms with E-state index in [1.54, 1.807) is 46.9 Å². The minimum absolute atomic E-state index is 0.393. The van der Waals surface area contributed by atoms with E-state index in [9.17, 15) is 9.59 Å². The number of nitrogens with one attached hydrogen (secondary N) is 4. The molecular formula is C42H30N6O4S2. The first kappa shape index (κ1) is 33.1. The number of hydrogen-bond donors (Lipinski definition) is 4. The zero-order valence-corrected chi connectivity index (χ0v) is 30.5. The first-order valence-electron chi connectivity index (χ1n) is 16.9. The van der Waals surface area contributed by atoms with Crippen LogP contribution in [0.1, 0.15) is 64.4 Å². The van der Waals surface area contributed by atoms with Crippen molar-refractivity contribution in [2.75, 3.05) is 14.2 Å². The molecule has 0 unspecified atom stereocenters. The second-order valence-electron chi connectivity index (χ2n) is 12.5. The monoisotopic (exact) mass is 746 g/mol. The topological polar surface area (TPSA) is 142 Å². The van der Waals surface area contributed by atoms with E-state index in [2.05, 4.69) is 78.4 Å². The number of aromatic amines is 4. The van der Waals surface area contributed by atoms with Crippen molar-refractivity contribution in [3.05, 3.63) is 197 Å². The van der Waals surface area contributed by atoms with Crippen molar-refractivity contribution >= 4 is 56.9 Å². The zero-order valence-electron chi connectivity index (χ0n) is 28.9. The Bertz CT molecular complexity index is 2730. The lowest BCUT2D eigenvalue weighted by Gasteiger charge is -2.09. The van der Waals surface area contributed by atoms with Crippen LogP contribution in [-0.4, -0.2) is 56.1 Å². The SMILES string of the molecule is COC(=O)c1ccc(C2=c3ccc([nH]3)=C(c3cncs3)c3ccc([nH]3)C(c3ccc(C(=O)OC)cc3)=c3ccc([nH]3)=C(c3cncs3)c3ccc2[nH]3)cc1. The molecule has 2 aromatic carbocycles. The number of carbonyl (C=O) groups is 2. The molecule has 10 nitrogen and oxygen atoms in total. The zero-order chi connectivity index (χ0) is 36.8. The Labute approximate surface area is 315 Å². The molecule has 9 rings (SSSR count). The molecule has 0 spiro atoms. The molecule has 8 aromatic rings. The van der Waals surface area contributed by atoms with Crippen LogP contribution >= 0.6 is 22.7 Å². The third kappa shape index (κ3) is 5.83. The molecule has 4 N–H and O–H groups in total. The van der Waals surface area contributed by atoms with Crippen LogP contribution in [0.2, 0.25) is 0 Å². The standard InChI is InChI=1S/C42H30N6O4S2/c1-51-41(49)25-7-3-23(4-8-25)37-27-11-15-31(45-27)39(35-19-43-21-53-35)33-17-13-29(47-33)38(24-5-9-26(10-6-24)42(50)52-2)30-14-18-34(48-30)40(36-20-44-22-54-36)32-16-12-28(37)46-32/h3-22,45-48H,1-2H3. The van der Waals surface area contributed by atoms with Crippen molar-refractivity contribution in [3.63, 3.8) is 0 Å². The molecule has 264 valence electrons. The fourth-order valence-corrected chi connectivity index (χ4v) is 8.33. The molecule has 0 saturated heterocycles. The van der Waals surface area contributed by atoms with Gasteiger partial charge in [-0.15, -0.1) is 22.7 Å². The first-order valence-corrected chi connectivity index (χ1v) is 18.7. The summed E-state index contributed by atoms with van der Waals surface area (Å²) in [6.45, 7) is 0. The molecular weight excluding hydrogens is 717 g/mol. The average molecular weight is 747 g/mol. The summed E-state index contributed by atoms with van der Waals surface area (Å²) in [5.41, 5.74) is 13.7. The highest BCUT2D eigenvalue weighted by Gasteiger charge is 2.20. The minimum Gasteiger partial charge on any atom is -0.465 e. The van der Waals surface area contributed by atoms with Crippen LogP contribution in [0.25, 0.3) is 22.3 Å². The Hall–Kier alpha value is -6.76. The van der Waals surface area contributed by atoms with Crippen LogP contribution < -0.4 is 21.4 Å². The van der Waals surface area contributed by atoms with Gasteiger partial charge in [-0.1, -0.05) is 24.3 Å². The molecule has 7 heterocycles. The number of fused-ring (bicyclic) bond motifs is 8. The average Bonchev–Trinajstić information content (AvgIpc) is 4.06. The summed E-state index contributed by atoms with van der Waals surface area (Å²) >= 11 is 3.11. The van der Waals surface area contributed by atoms with Gasteiger partial charge in [-0.25, -0.2) is 9.59 Å². The number of methoxy groups -OCH3 is 2. The third-order valence-electron chi connectivity index (χ3n) is 9.45. The van der Waals surface area contributed by atoms with Gasteiger partial charge in [0, 0.05) is 78.9 Å². The van der Waals surface area contributed by atoms with Crippen LogP contribution in [-0.2, 0) is 9.47 Å². The van der Waals surface area contributed by atoms with Gasteiger partial charge >= 0.3 is 11.9 Å². The van der Waals surface area contributed by atoms with Gasteiger partial charge in [0.25, 0.3) is 0 Å². The van der Waals surface area contributed by atoms with Gasteiger partial charge in [-0.05, 0) is 83.9 Å². The number of aromatic nitrogens is 6. The van der Waals surface area contributed by atoms with E-state index in [4.69, 9.17) is 9.47 Å². The van der Waals surface area contributed by atoms with Gasteiger partial charge in [0.2, 0.25) is 0 Å². The molecule has 0 fully saturated rings. The summed E-state index contributed by atoms with van der Waals surface area (Å²) in [5, 5.41) is 3.55. The molecule has 0 amide bonds. The number of carbonyl (C=O) groups excluding carboxylic acids is 2. The van der Waals surface area contributed by atoms with E-state index in [0.29, 0.717) is 11.1 Å². The van der Waals surface area contributed by atoms with E-state index in [1.807, 2.05) is 47.7 Å². The lowest BCUT2D eigenvalue weighted by Crippen LogP contribution is -2.18. The number of thiazole rings is 2. The van der Waals surface area contributed by atoms with Gasteiger partial charge < -0.3 is 29.4 Å². The van der Waals surface area contributed by atoms with Gasteiger partial charge in [-0.3, -0.25) is 9.97 Å². The molecule has 0 aliphatic carbocycles. The van der Waals surface area contributed by atoms with Gasteiger partial charge in [0.05, 0.1) is 46.1 Å². The molecule has 54 heavy (non-hydrogen) atoms. The Balaban J connectivity index is 1.37. The van der Waals surface area contributed by atoms with Gasteiger partial charge in [-0.2, -0.15) is 0 Å². The predicted octanol–water partition coefficient (Wildman–Crippen LogP) is 4.79. The van der Waals surface area contributed by atoms with E-state index >= 15 is 0 Å². The third-order valence-corrected chi connectivity index (χ3v) is 11.0. The molecule has 6 aromatic heterocycles. The van der Waals surface area contributed by atoms with Crippen LogP contribution in [0.15, 0.2) is 120 Å². The summed E-state index contributed by atoms with van der Waals surface area (Å²) in [7, 11) is 2.76. The molecule has 0 atom stereocenters. The number of rotatable bonds is 6. The highest BCUT2D eigenvalue weighted by atomic mass is 32.1. The fourth-order valence-electron chi connectivity index (χ4n) is 6.94. The van der Waals surface area contributed by atoms with Crippen molar-refractivity contribution in [1.29, 1.82) is 0 Å².